The van der Waals surface area contributed by atoms with Crippen LogP contribution in [0.5, 0.6) is 0 Å². The Hall–Kier alpha value is -1.60. The van der Waals surface area contributed by atoms with Gasteiger partial charge in [-0.1, -0.05) is 13.8 Å². The van der Waals surface area contributed by atoms with Gasteiger partial charge in [-0.25, -0.2) is 0 Å². The van der Waals surface area contributed by atoms with Crippen LogP contribution in [0.15, 0.2) is 0 Å². The Labute approximate surface area is 101 Å². The summed E-state index contributed by atoms with van der Waals surface area (Å²) < 4.78 is 35.4. The number of nitrogens with one attached hydrogen (secondary N) is 1. The topological polar surface area (TPSA) is 83.5 Å². The Bertz CT molecular complexity index is 350. The summed E-state index contributed by atoms with van der Waals surface area (Å²) in [5.41, 5.74) is -0.869. The molecule has 0 unspecified atom stereocenters. The number of aliphatic carboxylic acids is 1. The summed E-state index contributed by atoms with van der Waals surface area (Å²) in [6, 6.07) is 0. The van der Waals surface area contributed by atoms with Gasteiger partial charge >= 0.3 is 18.1 Å². The van der Waals surface area contributed by atoms with Gasteiger partial charge in [0.1, 0.15) is 0 Å². The fourth-order valence-corrected chi connectivity index (χ4v) is 1.35. The zero-order valence-electron chi connectivity index (χ0n) is 9.93. The molecule has 0 atom stereocenters. The lowest BCUT2D eigenvalue weighted by Gasteiger charge is -2.21. The minimum atomic E-state index is -5.03. The number of hydrogen-bond acceptors (Lipinski definition) is 3. The number of amides is 1. The van der Waals surface area contributed by atoms with Gasteiger partial charge in [-0.2, -0.15) is 13.2 Å². The maximum atomic E-state index is 11.8. The standard InChI is InChI=1S/C10H14F3NO4/c1-9(2,4-7(16)17)3-6(15)5-14-8(18)10(11,12)13/h3-5H2,1-2H3,(H,14,18)(H,16,17). The first-order chi connectivity index (χ1) is 7.94. The van der Waals surface area contributed by atoms with E-state index in [2.05, 4.69) is 0 Å². The number of carbonyl (C=O) groups is 3. The lowest BCUT2D eigenvalue weighted by molar-refractivity contribution is -0.173. The molecule has 0 radical (unpaired) electrons. The monoisotopic (exact) mass is 269 g/mol. The van der Waals surface area contributed by atoms with Crippen molar-refractivity contribution in [2.45, 2.75) is 32.9 Å². The van der Waals surface area contributed by atoms with E-state index < -0.39 is 35.8 Å². The van der Waals surface area contributed by atoms with Crippen molar-refractivity contribution in [2.24, 2.45) is 5.41 Å². The molecule has 0 fully saturated rings. The average molecular weight is 269 g/mol. The third-order valence-corrected chi connectivity index (χ3v) is 2.01. The van der Waals surface area contributed by atoms with Crippen LogP contribution in [0.2, 0.25) is 0 Å². The maximum Gasteiger partial charge on any atom is 0.471 e. The molecule has 0 spiro atoms. The molecule has 0 aromatic rings. The SMILES string of the molecule is CC(C)(CC(=O)O)CC(=O)CNC(=O)C(F)(F)F. The van der Waals surface area contributed by atoms with Gasteiger partial charge in [0, 0.05) is 6.42 Å². The van der Waals surface area contributed by atoms with Crippen molar-refractivity contribution in [1.82, 2.24) is 5.32 Å². The van der Waals surface area contributed by atoms with E-state index in [1.807, 2.05) is 0 Å². The fourth-order valence-electron chi connectivity index (χ4n) is 1.35. The number of rotatable bonds is 6. The summed E-state index contributed by atoms with van der Waals surface area (Å²) >= 11 is 0. The second-order valence-electron chi connectivity index (χ2n) is 4.63. The van der Waals surface area contributed by atoms with Crippen LogP contribution in [0.25, 0.3) is 0 Å². The molecule has 0 aliphatic rings. The Morgan fingerprint density at radius 1 is 1.11 bits per heavy atom. The van der Waals surface area contributed by atoms with Gasteiger partial charge in [-0.05, 0) is 5.41 Å². The summed E-state index contributed by atoms with van der Waals surface area (Å²) in [5.74, 6) is -3.95. The van der Waals surface area contributed by atoms with Crippen LogP contribution < -0.4 is 5.32 Å². The van der Waals surface area contributed by atoms with Gasteiger partial charge in [0.15, 0.2) is 5.78 Å². The quantitative estimate of drug-likeness (QED) is 0.757. The molecule has 0 aromatic heterocycles. The molecule has 0 heterocycles. The highest BCUT2D eigenvalue weighted by Crippen LogP contribution is 2.25. The lowest BCUT2D eigenvalue weighted by atomic mass is 9.84. The van der Waals surface area contributed by atoms with E-state index in [9.17, 15) is 27.6 Å². The van der Waals surface area contributed by atoms with E-state index in [0.29, 0.717) is 0 Å². The Balaban J connectivity index is 4.21. The first-order valence-electron chi connectivity index (χ1n) is 5.02. The molecular weight excluding hydrogens is 255 g/mol. The Morgan fingerprint density at radius 2 is 1.61 bits per heavy atom. The number of halogens is 3. The van der Waals surface area contributed by atoms with Crippen LogP contribution in [0.1, 0.15) is 26.7 Å². The molecule has 0 aromatic carbocycles. The third kappa shape index (κ3) is 6.87. The normalized spacial score (nSPS) is 12.1. The number of ketones is 1. The minimum Gasteiger partial charge on any atom is -0.481 e. The van der Waals surface area contributed by atoms with Crippen LogP contribution in [0.4, 0.5) is 13.2 Å². The van der Waals surface area contributed by atoms with Gasteiger partial charge in [0.05, 0.1) is 13.0 Å². The van der Waals surface area contributed by atoms with Crippen LogP contribution in [-0.4, -0.2) is 35.5 Å². The summed E-state index contributed by atoms with van der Waals surface area (Å²) in [4.78, 5) is 32.2. The highest BCUT2D eigenvalue weighted by atomic mass is 19.4. The molecule has 8 heteroatoms. The number of carboxylic acids is 1. The number of carbonyl (C=O) groups excluding carboxylic acids is 2. The van der Waals surface area contributed by atoms with Crippen LogP contribution in [0.3, 0.4) is 0 Å². The lowest BCUT2D eigenvalue weighted by Crippen LogP contribution is -2.40. The van der Waals surface area contributed by atoms with Crippen molar-refractivity contribution in [3.05, 3.63) is 0 Å². The second-order valence-corrected chi connectivity index (χ2v) is 4.63. The zero-order chi connectivity index (χ0) is 14.6. The molecule has 1 amide bonds. The van der Waals surface area contributed by atoms with Crippen LogP contribution >= 0.6 is 0 Å². The van der Waals surface area contributed by atoms with Gasteiger partial charge in [0.25, 0.3) is 0 Å². The highest BCUT2D eigenvalue weighted by molar-refractivity contribution is 5.88. The summed E-state index contributed by atoms with van der Waals surface area (Å²) in [5, 5.41) is 9.99. The molecule has 0 bridgehead atoms. The number of Topliss-reactive ketones (excluding diaryl/α,β-unsaturated/α-hetero) is 1. The predicted octanol–water partition coefficient (Wildman–Crippen LogP) is 1.12. The molecule has 5 nitrogen and oxygen atoms in total. The number of carboxylic acid groups (broad SMARTS) is 1. The molecule has 0 aliphatic heterocycles. The maximum absolute atomic E-state index is 11.8. The molecule has 0 aliphatic carbocycles. The van der Waals surface area contributed by atoms with E-state index in [0.717, 1.165) is 0 Å². The molecule has 0 saturated heterocycles. The van der Waals surface area contributed by atoms with Crippen LogP contribution in [-0.2, 0) is 14.4 Å². The minimum absolute atomic E-state index is 0.225. The predicted molar refractivity (Wildman–Crippen MR) is 54.7 cm³/mol. The summed E-state index contributed by atoms with van der Waals surface area (Å²) in [6.07, 6.45) is -5.54. The fraction of sp³-hybridized carbons (Fsp3) is 0.700. The smallest absolute Gasteiger partial charge is 0.471 e. The highest BCUT2D eigenvalue weighted by Gasteiger charge is 2.38. The van der Waals surface area contributed by atoms with Gasteiger partial charge in [-0.3, -0.25) is 14.4 Å². The number of hydrogen-bond donors (Lipinski definition) is 2. The van der Waals surface area contributed by atoms with E-state index in [1.54, 1.807) is 0 Å². The van der Waals surface area contributed by atoms with E-state index >= 15 is 0 Å². The first-order valence-corrected chi connectivity index (χ1v) is 5.02. The molecule has 2 N–H and O–H groups in total. The molecular formula is C10H14F3NO4. The van der Waals surface area contributed by atoms with Crippen molar-refractivity contribution in [3.63, 3.8) is 0 Å². The van der Waals surface area contributed by atoms with E-state index in [1.165, 1.54) is 19.2 Å². The Kier molecular flexibility index (Phi) is 5.31. The first kappa shape index (κ1) is 16.4. The van der Waals surface area contributed by atoms with Crippen molar-refractivity contribution in [3.8, 4) is 0 Å². The molecule has 0 rings (SSSR count). The third-order valence-electron chi connectivity index (χ3n) is 2.01. The molecule has 104 valence electrons. The molecule has 18 heavy (non-hydrogen) atoms. The van der Waals surface area contributed by atoms with Crippen LogP contribution in [0, 0.1) is 5.41 Å². The van der Waals surface area contributed by atoms with Crippen molar-refractivity contribution in [1.29, 1.82) is 0 Å². The average Bonchev–Trinajstić information content (AvgIpc) is 2.09. The van der Waals surface area contributed by atoms with Gasteiger partial charge in [-0.15, -0.1) is 0 Å². The molecule has 0 saturated carbocycles. The van der Waals surface area contributed by atoms with Gasteiger partial charge < -0.3 is 10.4 Å². The Morgan fingerprint density at radius 3 is 2.00 bits per heavy atom. The van der Waals surface area contributed by atoms with Gasteiger partial charge in [0.2, 0.25) is 0 Å². The summed E-state index contributed by atoms with van der Waals surface area (Å²) in [6.45, 7) is 2.25. The number of alkyl halides is 3. The van der Waals surface area contributed by atoms with Crippen molar-refractivity contribution in [2.75, 3.05) is 6.54 Å². The summed E-state index contributed by atoms with van der Waals surface area (Å²) in [7, 11) is 0. The van der Waals surface area contributed by atoms with Crippen molar-refractivity contribution < 1.29 is 32.7 Å². The van der Waals surface area contributed by atoms with E-state index in [-0.39, 0.29) is 12.8 Å². The second kappa shape index (κ2) is 5.83. The van der Waals surface area contributed by atoms with Crippen molar-refractivity contribution >= 4 is 17.7 Å². The zero-order valence-corrected chi connectivity index (χ0v) is 9.93. The van der Waals surface area contributed by atoms with E-state index in [4.69, 9.17) is 5.11 Å². The largest absolute Gasteiger partial charge is 0.481 e.